The van der Waals surface area contributed by atoms with E-state index in [-0.39, 0.29) is 5.60 Å². The van der Waals surface area contributed by atoms with Gasteiger partial charge in [-0.25, -0.2) is 0 Å². The van der Waals surface area contributed by atoms with Crippen LogP contribution < -0.4 is 0 Å². The summed E-state index contributed by atoms with van der Waals surface area (Å²) in [5.74, 6) is 0. The topological polar surface area (TPSA) is 49.7 Å². The molecule has 0 bridgehead atoms. The molecule has 0 amide bonds. The molecule has 0 aromatic rings. The molecular weight excluding hydrogens is 156 g/mol. The Morgan fingerprint density at radius 1 is 1.17 bits per heavy atom. The van der Waals surface area contributed by atoms with Gasteiger partial charge in [-0.1, -0.05) is 0 Å². The maximum absolute atomic E-state index is 9.47. The first kappa shape index (κ1) is 8.48. The third-order valence-corrected chi connectivity index (χ3v) is 3.11. The number of aliphatic hydroxyl groups is 2. The molecule has 1 heterocycles. The summed E-state index contributed by atoms with van der Waals surface area (Å²) in [5, 5.41) is 18.8. The third-order valence-electron chi connectivity index (χ3n) is 3.11. The van der Waals surface area contributed by atoms with E-state index in [1.165, 1.54) is 0 Å². The molecule has 3 heteroatoms. The van der Waals surface area contributed by atoms with Crippen molar-refractivity contribution in [3.8, 4) is 0 Å². The molecule has 3 nitrogen and oxygen atoms in total. The van der Waals surface area contributed by atoms with Crippen molar-refractivity contribution in [1.29, 1.82) is 0 Å². The molecule has 1 aliphatic heterocycles. The number of ether oxygens (including phenoxy) is 1. The molecule has 2 aliphatic rings. The minimum Gasteiger partial charge on any atom is -0.390 e. The van der Waals surface area contributed by atoms with E-state index in [2.05, 4.69) is 0 Å². The van der Waals surface area contributed by atoms with Gasteiger partial charge in [-0.2, -0.15) is 0 Å². The van der Waals surface area contributed by atoms with Gasteiger partial charge in [0.15, 0.2) is 0 Å². The molecule has 0 aromatic heterocycles. The molecule has 1 spiro atoms. The first-order chi connectivity index (χ1) is 5.72. The zero-order valence-corrected chi connectivity index (χ0v) is 7.20. The lowest BCUT2D eigenvalue weighted by molar-refractivity contribution is -0.108. The lowest BCUT2D eigenvalue weighted by atomic mass is 9.80. The molecule has 2 N–H and O–H groups in total. The van der Waals surface area contributed by atoms with E-state index in [1.54, 1.807) is 0 Å². The molecule has 3 atom stereocenters. The van der Waals surface area contributed by atoms with Crippen LogP contribution in [-0.2, 0) is 4.74 Å². The zero-order chi connectivity index (χ0) is 8.60. The van der Waals surface area contributed by atoms with E-state index in [9.17, 15) is 10.2 Å². The Morgan fingerprint density at radius 3 is 2.58 bits per heavy atom. The Kier molecular flexibility index (Phi) is 2.10. The van der Waals surface area contributed by atoms with E-state index in [1.807, 2.05) is 0 Å². The van der Waals surface area contributed by atoms with Crippen LogP contribution in [0.2, 0.25) is 0 Å². The van der Waals surface area contributed by atoms with Crippen molar-refractivity contribution in [3.63, 3.8) is 0 Å². The molecule has 12 heavy (non-hydrogen) atoms. The monoisotopic (exact) mass is 172 g/mol. The third kappa shape index (κ3) is 1.37. The quantitative estimate of drug-likeness (QED) is 0.557. The molecule has 0 aromatic carbocycles. The summed E-state index contributed by atoms with van der Waals surface area (Å²) < 4.78 is 5.63. The summed E-state index contributed by atoms with van der Waals surface area (Å²) in [6.45, 7) is 0.822. The Labute approximate surface area is 72.3 Å². The van der Waals surface area contributed by atoms with E-state index >= 15 is 0 Å². The molecule has 0 radical (unpaired) electrons. The average molecular weight is 172 g/mol. The van der Waals surface area contributed by atoms with Crippen LogP contribution in [0.3, 0.4) is 0 Å². The predicted octanol–water partition coefficient (Wildman–Crippen LogP) is 0.441. The van der Waals surface area contributed by atoms with Gasteiger partial charge < -0.3 is 14.9 Å². The Morgan fingerprint density at radius 2 is 2.00 bits per heavy atom. The highest BCUT2D eigenvalue weighted by atomic mass is 16.5. The largest absolute Gasteiger partial charge is 0.390 e. The highest BCUT2D eigenvalue weighted by molar-refractivity contribution is 4.94. The van der Waals surface area contributed by atoms with Crippen molar-refractivity contribution in [2.24, 2.45) is 0 Å². The van der Waals surface area contributed by atoms with Gasteiger partial charge >= 0.3 is 0 Å². The highest BCUT2D eigenvalue weighted by Gasteiger charge is 2.42. The zero-order valence-electron chi connectivity index (χ0n) is 7.20. The number of aliphatic hydroxyl groups excluding tert-OH is 2. The maximum atomic E-state index is 9.47. The smallest absolute Gasteiger partial charge is 0.0826 e. The van der Waals surface area contributed by atoms with Gasteiger partial charge in [0, 0.05) is 13.0 Å². The lowest BCUT2D eigenvalue weighted by Crippen LogP contribution is -2.44. The van der Waals surface area contributed by atoms with Crippen LogP contribution in [0.4, 0.5) is 0 Å². The first-order valence-electron chi connectivity index (χ1n) is 4.72. The molecule has 1 saturated carbocycles. The van der Waals surface area contributed by atoms with Crippen LogP contribution in [0.1, 0.15) is 32.1 Å². The van der Waals surface area contributed by atoms with Crippen LogP contribution in [-0.4, -0.2) is 34.6 Å². The van der Waals surface area contributed by atoms with E-state index in [4.69, 9.17) is 4.74 Å². The Balaban J connectivity index is 2.01. The highest BCUT2D eigenvalue weighted by Crippen LogP contribution is 2.39. The first-order valence-corrected chi connectivity index (χ1v) is 4.72. The fourth-order valence-electron chi connectivity index (χ4n) is 2.34. The number of hydrogen-bond donors (Lipinski definition) is 2. The van der Waals surface area contributed by atoms with Gasteiger partial charge in [0.2, 0.25) is 0 Å². The number of hydrogen-bond acceptors (Lipinski definition) is 3. The second-order valence-electron chi connectivity index (χ2n) is 4.01. The average Bonchev–Trinajstić information content (AvgIpc) is 2.47. The maximum Gasteiger partial charge on any atom is 0.0826 e. The van der Waals surface area contributed by atoms with Crippen molar-refractivity contribution in [2.45, 2.75) is 49.9 Å². The minimum atomic E-state index is -0.572. The molecule has 2 rings (SSSR count). The Hall–Kier alpha value is -0.120. The SMILES string of the molecule is OC1CC[C@@]2(CCCO2)CC1O. The molecule has 2 unspecified atom stereocenters. The van der Waals surface area contributed by atoms with Crippen LogP contribution >= 0.6 is 0 Å². The van der Waals surface area contributed by atoms with Gasteiger partial charge in [-0.05, 0) is 25.7 Å². The van der Waals surface area contributed by atoms with E-state index < -0.39 is 12.2 Å². The lowest BCUT2D eigenvalue weighted by Gasteiger charge is -2.37. The van der Waals surface area contributed by atoms with Crippen molar-refractivity contribution in [3.05, 3.63) is 0 Å². The predicted molar refractivity (Wildman–Crippen MR) is 43.8 cm³/mol. The van der Waals surface area contributed by atoms with Crippen LogP contribution in [0.15, 0.2) is 0 Å². The summed E-state index contributed by atoms with van der Waals surface area (Å²) in [7, 11) is 0. The van der Waals surface area contributed by atoms with Gasteiger partial charge in [0.05, 0.1) is 17.8 Å². The summed E-state index contributed by atoms with van der Waals surface area (Å²) in [6.07, 6.45) is 3.26. The second kappa shape index (κ2) is 2.98. The molecule has 1 saturated heterocycles. The van der Waals surface area contributed by atoms with Gasteiger partial charge in [0.25, 0.3) is 0 Å². The van der Waals surface area contributed by atoms with Crippen molar-refractivity contribution in [2.75, 3.05) is 6.61 Å². The van der Waals surface area contributed by atoms with Crippen LogP contribution in [0, 0.1) is 0 Å². The molecule has 70 valence electrons. The van der Waals surface area contributed by atoms with Crippen molar-refractivity contribution < 1.29 is 14.9 Å². The fourth-order valence-corrected chi connectivity index (χ4v) is 2.34. The van der Waals surface area contributed by atoms with E-state index in [0.717, 1.165) is 25.9 Å². The number of rotatable bonds is 0. The van der Waals surface area contributed by atoms with E-state index in [0.29, 0.717) is 12.8 Å². The summed E-state index contributed by atoms with van der Waals surface area (Å²) in [4.78, 5) is 0. The van der Waals surface area contributed by atoms with Crippen molar-refractivity contribution in [1.82, 2.24) is 0 Å². The summed E-state index contributed by atoms with van der Waals surface area (Å²) >= 11 is 0. The summed E-state index contributed by atoms with van der Waals surface area (Å²) in [6, 6.07) is 0. The summed E-state index contributed by atoms with van der Waals surface area (Å²) in [5.41, 5.74) is -0.0847. The standard InChI is InChI=1S/C9H16O3/c10-7-2-4-9(6-8(7)11)3-1-5-12-9/h7-8,10-11H,1-6H2/t7?,8?,9-/m0/s1. The second-order valence-corrected chi connectivity index (χ2v) is 4.01. The Bertz CT molecular complexity index is 163. The fraction of sp³-hybridized carbons (Fsp3) is 1.00. The molecule has 1 aliphatic carbocycles. The molecule has 2 fully saturated rings. The van der Waals surface area contributed by atoms with Crippen LogP contribution in [0.5, 0.6) is 0 Å². The van der Waals surface area contributed by atoms with Crippen molar-refractivity contribution >= 4 is 0 Å². The van der Waals surface area contributed by atoms with Crippen LogP contribution in [0.25, 0.3) is 0 Å². The normalized spacial score (nSPS) is 48.5. The molecular formula is C9H16O3. The minimum absolute atomic E-state index is 0.0847. The van der Waals surface area contributed by atoms with Gasteiger partial charge in [0.1, 0.15) is 0 Å². The van der Waals surface area contributed by atoms with Gasteiger partial charge in [-0.15, -0.1) is 0 Å². The van der Waals surface area contributed by atoms with Gasteiger partial charge in [-0.3, -0.25) is 0 Å².